The molecule has 1 aromatic rings. The first-order valence-electron chi connectivity index (χ1n) is 5.97. The summed E-state index contributed by atoms with van der Waals surface area (Å²) in [5.41, 5.74) is 0. The fourth-order valence-electron chi connectivity index (χ4n) is 2.08. The Morgan fingerprint density at radius 1 is 1.06 bits per heavy atom. The fraction of sp³-hybridized carbons (Fsp3) is 0.636. The van der Waals surface area contributed by atoms with E-state index in [1.807, 2.05) is 12.3 Å². The lowest BCUT2D eigenvalue weighted by molar-refractivity contribution is 0.575. The van der Waals surface area contributed by atoms with Crippen LogP contribution in [0.2, 0.25) is 0 Å². The summed E-state index contributed by atoms with van der Waals surface area (Å²) < 4.78 is 0. The molecule has 16 heavy (non-hydrogen) atoms. The lowest BCUT2D eigenvalue weighted by Crippen LogP contribution is -2.44. The average molecular weight is 219 g/mol. The van der Waals surface area contributed by atoms with Crippen molar-refractivity contribution in [2.45, 2.75) is 6.42 Å². The van der Waals surface area contributed by atoms with E-state index in [1.165, 1.54) is 6.42 Å². The van der Waals surface area contributed by atoms with E-state index in [9.17, 15) is 0 Å². The second-order valence-electron chi connectivity index (χ2n) is 4.29. The zero-order valence-corrected chi connectivity index (χ0v) is 9.39. The zero-order chi connectivity index (χ0) is 10.8. The molecule has 2 fully saturated rings. The van der Waals surface area contributed by atoms with Gasteiger partial charge in [0.25, 0.3) is 0 Å². The summed E-state index contributed by atoms with van der Waals surface area (Å²) in [5.74, 6) is 1.96. The highest BCUT2D eigenvalue weighted by Gasteiger charge is 2.18. The third kappa shape index (κ3) is 1.82. The van der Waals surface area contributed by atoms with Gasteiger partial charge in [-0.05, 0) is 12.5 Å². The van der Waals surface area contributed by atoms with E-state index < -0.39 is 0 Å². The molecular formula is C11H17N5. The van der Waals surface area contributed by atoms with Crippen LogP contribution in [0.5, 0.6) is 0 Å². The predicted molar refractivity (Wildman–Crippen MR) is 63.9 cm³/mol. The van der Waals surface area contributed by atoms with Crippen LogP contribution in [0.1, 0.15) is 6.42 Å². The van der Waals surface area contributed by atoms with Crippen molar-refractivity contribution in [3.63, 3.8) is 0 Å². The smallest absolute Gasteiger partial charge is 0.227 e. The number of aromatic nitrogens is 2. The topological polar surface area (TPSA) is 44.3 Å². The van der Waals surface area contributed by atoms with Crippen LogP contribution >= 0.6 is 0 Å². The van der Waals surface area contributed by atoms with Crippen LogP contribution in [0.15, 0.2) is 12.3 Å². The van der Waals surface area contributed by atoms with Crippen molar-refractivity contribution in [1.82, 2.24) is 15.3 Å². The lowest BCUT2D eigenvalue weighted by Gasteiger charge is -2.33. The van der Waals surface area contributed by atoms with E-state index in [4.69, 9.17) is 0 Å². The van der Waals surface area contributed by atoms with E-state index in [2.05, 4.69) is 25.1 Å². The van der Waals surface area contributed by atoms with E-state index in [1.54, 1.807) is 0 Å². The van der Waals surface area contributed by atoms with Gasteiger partial charge in [-0.15, -0.1) is 0 Å². The summed E-state index contributed by atoms with van der Waals surface area (Å²) in [5, 5.41) is 3.34. The highest BCUT2D eigenvalue weighted by Crippen LogP contribution is 2.19. The van der Waals surface area contributed by atoms with Crippen LogP contribution in [-0.2, 0) is 0 Å². The molecule has 0 unspecified atom stereocenters. The summed E-state index contributed by atoms with van der Waals surface area (Å²) in [6.07, 6.45) is 3.16. The van der Waals surface area contributed by atoms with E-state index >= 15 is 0 Å². The van der Waals surface area contributed by atoms with Gasteiger partial charge in [0.15, 0.2) is 0 Å². The maximum absolute atomic E-state index is 4.63. The number of nitrogens with zero attached hydrogens (tertiary/aromatic N) is 4. The van der Waals surface area contributed by atoms with E-state index in [0.29, 0.717) is 0 Å². The van der Waals surface area contributed by atoms with Gasteiger partial charge in [-0.1, -0.05) is 0 Å². The van der Waals surface area contributed by atoms with Crippen molar-refractivity contribution < 1.29 is 0 Å². The molecule has 3 rings (SSSR count). The molecule has 0 aromatic carbocycles. The van der Waals surface area contributed by atoms with Crippen molar-refractivity contribution in [3.05, 3.63) is 12.3 Å². The van der Waals surface area contributed by atoms with E-state index in [0.717, 1.165) is 51.0 Å². The van der Waals surface area contributed by atoms with Gasteiger partial charge < -0.3 is 15.1 Å². The summed E-state index contributed by atoms with van der Waals surface area (Å²) in [4.78, 5) is 13.5. The second-order valence-corrected chi connectivity index (χ2v) is 4.29. The Labute approximate surface area is 95.5 Å². The largest absolute Gasteiger partial charge is 0.356 e. The van der Waals surface area contributed by atoms with Gasteiger partial charge in [0, 0.05) is 45.5 Å². The third-order valence-corrected chi connectivity index (χ3v) is 3.21. The molecule has 1 aromatic heterocycles. The van der Waals surface area contributed by atoms with Crippen molar-refractivity contribution in [2.75, 3.05) is 49.1 Å². The molecule has 0 radical (unpaired) electrons. The Bertz CT molecular complexity index is 357. The molecular weight excluding hydrogens is 202 g/mol. The highest BCUT2D eigenvalue weighted by atomic mass is 15.3. The Morgan fingerprint density at radius 3 is 2.56 bits per heavy atom. The van der Waals surface area contributed by atoms with Gasteiger partial charge in [0.2, 0.25) is 5.95 Å². The molecule has 1 N–H and O–H groups in total. The maximum atomic E-state index is 4.63. The van der Waals surface area contributed by atoms with Crippen molar-refractivity contribution in [3.8, 4) is 0 Å². The molecule has 5 heteroatoms. The van der Waals surface area contributed by atoms with Crippen molar-refractivity contribution in [2.24, 2.45) is 0 Å². The van der Waals surface area contributed by atoms with Gasteiger partial charge in [0.05, 0.1) is 0 Å². The molecule has 0 spiro atoms. The van der Waals surface area contributed by atoms with Crippen LogP contribution in [0.25, 0.3) is 0 Å². The van der Waals surface area contributed by atoms with Gasteiger partial charge in [-0.25, -0.2) is 4.98 Å². The standard InChI is InChI=1S/C11H17N5/c1-6-15(7-1)10-2-3-13-11(14-10)16-8-4-12-5-9-16/h2-3,12H,1,4-9H2. The van der Waals surface area contributed by atoms with Crippen LogP contribution < -0.4 is 15.1 Å². The van der Waals surface area contributed by atoms with Gasteiger partial charge in [-0.2, -0.15) is 4.98 Å². The Hall–Kier alpha value is -1.36. The van der Waals surface area contributed by atoms with Gasteiger partial charge in [-0.3, -0.25) is 0 Å². The molecule has 86 valence electrons. The monoisotopic (exact) mass is 219 g/mol. The second kappa shape index (κ2) is 4.25. The molecule has 0 saturated carbocycles. The Morgan fingerprint density at radius 2 is 1.88 bits per heavy atom. The summed E-state index contributed by atoms with van der Waals surface area (Å²) >= 11 is 0. The molecule has 2 saturated heterocycles. The molecule has 0 amide bonds. The first-order valence-corrected chi connectivity index (χ1v) is 5.97. The number of hydrogen-bond donors (Lipinski definition) is 1. The van der Waals surface area contributed by atoms with Gasteiger partial charge in [0.1, 0.15) is 5.82 Å². The number of hydrogen-bond acceptors (Lipinski definition) is 5. The van der Waals surface area contributed by atoms with E-state index in [-0.39, 0.29) is 0 Å². The number of rotatable bonds is 2. The Balaban J connectivity index is 1.77. The SMILES string of the molecule is c1cc(N2CCC2)nc(N2CCNCC2)n1. The average Bonchev–Trinajstić information content (AvgIpc) is 2.28. The summed E-state index contributed by atoms with van der Waals surface area (Å²) in [7, 11) is 0. The molecule has 0 bridgehead atoms. The van der Waals surface area contributed by atoms with Crippen LogP contribution in [0.4, 0.5) is 11.8 Å². The molecule has 0 atom stereocenters. The van der Waals surface area contributed by atoms with Crippen LogP contribution in [0, 0.1) is 0 Å². The van der Waals surface area contributed by atoms with Crippen molar-refractivity contribution in [1.29, 1.82) is 0 Å². The summed E-state index contributed by atoms with van der Waals surface area (Å²) in [6, 6.07) is 2.00. The van der Waals surface area contributed by atoms with Gasteiger partial charge >= 0.3 is 0 Å². The summed E-state index contributed by atoms with van der Waals surface area (Å²) in [6.45, 7) is 6.33. The highest BCUT2D eigenvalue weighted by molar-refractivity contribution is 5.45. The zero-order valence-electron chi connectivity index (χ0n) is 9.39. The lowest BCUT2D eigenvalue weighted by atomic mass is 10.2. The van der Waals surface area contributed by atoms with Crippen LogP contribution in [0.3, 0.4) is 0 Å². The molecule has 2 aliphatic rings. The maximum Gasteiger partial charge on any atom is 0.227 e. The predicted octanol–water partition coefficient (Wildman–Crippen LogP) is 0.0963. The minimum atomic E-state index is 0.880. The quantitative estimate of drug-likeness (QED) is 0.764. The number of nitrogens with one attached hydrogen (secondary N) is 1. The minimum absolute atomic E-state index is 0.880. The first kappa shape index (κ1) is 9.84. The number of anilines is 2. The van der Waals surface area contributed by atoms with Crippen LogP contribution in [-0.4, -0.2) is 49.2 Å². The molecule has 3 heterocycles. The molecule has 5 nitrogen and oxygen atoms in total. The molecule has 2 aliphatic heterocycles. The first-order chi connectivity index (χ1) is 7.93. The fourth-order valence-corrected chi connectivity index (χ4v) is 2.08. The number of piperazine rings is 1. The molecule has 0 aliphatic carbocycles. The minimum Gasteiger partial charge on any atom is -0.356 e. The normalized spacial score (nSPS) is 20.8. The third-order valence-electron chi connectivity index (χ3n) is 3.21. The Kier molecular flexibility index (Phi) is 2.61. The van der Waals surface area contributed by atoms with Crippen molar-refractivity contribution >= 4 is 11.8 Å².